The minimum Gasteiger partial charge on any atom is -0.460 e. The Labute approximate surface area is 144 Å². The molecule has 5 atom stereocenters. The summed E-state index contributed by atoms with van der Waals surface area (Å²) >= 11 is 1.44. The van der Waals surface area contributed by atoms with Gasteiger partial charge in [0.15, 0.2) is 13.2 Å². The quantitative estimate of drug-likeness (QED) is 0.355. The van der Waals surface area contributed by atoms with E-state index < -0.39 is 52.5 Å². The van der Waals surface area contributed by atoms with Gasteiger partial charge in [-0.15, -0.1) is 11.8 Å². The molecule has 140 valence electrons. The zero-order valence-corrected chi connectivity index (χ0v) is 13.9. The highest BCUT2D eigenvalue weighted by molar-refractivity contribution is 8.01. The fraction of sp³-hybridized carbons (Fsp3) is 0.750. The fourth-order valence-electron chi connectivity index (χ4n) is 3.08. The normalized spacial score (nSPS) is 33.2. The summed E-state index contributed by atoms with van der Waals surface area (Å²) in [5, 5.41) is -4.98. The van der Waals surface area contributed by atoms with Gasteiger partial charge in [-0.2, -0.15) is 17.2 Å². The molecular weight excluding hydrogens is 390 g/mol. The van der Waals surface area contributed by atoms with Crippen molar-refractivity contribution < 1.29 is 50.3 Å². The molecule has 1 N–H and O–H groups in total. The Morgan fingerprint density at radius 1 is 1.36 bits per heavy atom. The van der Waals surface area contributed by atoms with Crippen molar-refractivity contribution in [1.82, 2.24) is 0 Å². The summed E-state index contributed by atoms with van der Waals surface area (Å²) in [6, 6.07) is 0. The van der Waals surface area contributed by atoms with E-state index in [4.69, 9.17) is 14.0 Å². The number of hydrogen-bond donors (Lipinski definition) is 1. The standard InChI is InChI=1S/C12H12F2O9S2/c13-12(14,25(18,19)20)3-22-6(15)2-21-11(17)7-5-1-4-9(24-5)8(7)23-10(4)16/h4-5,7-9H,1-3H2,(H,18,19,20). The molecule has 13 heteroatoms. The Morgan fingerprint density at radius 2 is 2.04 bits per heavy atom. The number of esters is 3. The fourth-order valence-corrected chi connectivity index (χ4v) is 5.23. The highest BCUT2D eigenvalue weighted by atomic mass is 32.2. The first-order valence-corrected chi connectivity index (χ1v) is 9.42. The molecule has 3 aliphatic rings. The largest absolute Gasteiger partial charge is 0.460 e. The Morgan fingerprint density at radius 3 is 2.68 bits per heavy atom. The zero-order chi connectivity index (χ0) is 18.6. The van der Waals surface area contributed by atoms with Crippen LogP contribution in [0, 0.1) is 11.8 Å². The first-order valence-electron chi connectivity index (χ1n) is 7.04. The summed E-state index contributed by atoms with van der Waals surface area (Å²) in [4.78, 5) is 35.0. The summed E-state index contributed by atoms with van der Waals surface area (Å²) in [6.45, 7) is -2.92. The number of carbonyl (C=O) groups excluding carboxylic acids is 3. The Kier molecular flexibility index (Phi) is 4.44. The lowest BCUT2D eigenvalue weighted by atomic mass is 9.82. The SMILES string of the molecule is O=C(COC(=O)C1C2CC3C(=O)OC1C3S2)OCC(F)(F)S(=O)(=O)O. The maximum absolute atomic E-state index is 12.9. The summed E-state index contributed by atoms with van der Waals surface area (Å²) in [5.74, 6) is -3.58. The van der Waals surface area contributed by atoms with Crippen molar-refractivity contribution in [1.29, 1.82) is 0 Å². The lowest BCUT2D eigenvalue weighted by Crippen LogP contribution is -2.39. The van der Waals surface area contributed by atoms with Crippen LogP contribution in [0.25, 0.3) is 0 Å². The topological polar surface area (TPSA) is 133 Å². The minimum atomic E-state index is -5.73. The molecule has 3 fully saturated rings. The molecule has 25 heavy (non-hydrogen) atoms. The van der Waals surface area contributed by atoms with E-state index in [2.05, 4.69) is 4.74 Å². The summed E-state index contributed by atoms with van der Waals surface area (Å²) < 4.78 is 68.6. The van der Waals surface area contributed by atoms with Crippen LogP contribution in [0.5, 0.6) is 0 Å². The van der Waals surface area contributed by atoms with E-state index in [-0.39, 0.29) is 22.4 Å². The molecule has 9 nitrogen and oxygen atoms in total. The molecular formula is C12H12F2O9S2. The third kappa shape index (κ3) is 3.19. The van der Waals surface area contributed by atoms with E-state index in [9.17, 15) is 31.6 Å². The Balaban J connectivity index is 1.49. The van der Waals surface area contributed by atoms with Crippen molar-refractivity contribution in [3.63, 3.8) is 0 Å². The highest BCUT2D eigenvalue weighted by Gasteiger charge is 2.65. The molecule has 0 amide bonds. The van der Waals surface area contributed by atoms with Crippen LogP contribution in [0.2, 0.25) is 0 Å². The maximum Gasteiger partial charge on any atom is 0.402 e. The molecule has 0 aromatic heterocycles. The van der Waals surface area contributed by atoms with Gasteiger partial charge in [-0.25, -0.2) is 4.79 Å². The average molecular weight is 402 g/mol. The van der Waals surface area contributed by atoms with E-state index >= 15 is 0 Å². The van der Waals surface area contributed by atoms with Gasteiger partial charge in [0.05, 0.1) is 11.2 Å². The van der Waals surface area contributed by atoms with Crippen molar-refractivity contribution in [2.24, 2.45) is 11.8 Å². The van der Waals surface area contributed by atoms with Crippen LogP contribution in [-0.4, -0.2) is 66.0 Å². The summed E-state index contributed by atoms with van der Waals surface area (Å²) in [5.41, 5.74) is 0. The number of thioether (sulfide) groups is 1. The average Bonchev–Trinajstić information content (AvgIpc) is 3.12. The molecule has 0 aromatic carbocycles. The lowest BCUT2D eigenvalue weighted by Gasteiger charge is -2.22. The molecule has 0 saturated carbocycles. The molecule has 3 saturated heterocycles. The van der Waals surface area contributed by atoms with Crippen molar-refractivity contribution >= 4 is 39.8 Å². The van der Waals surface area contributed by atoms with E-state index in [1.54, 1.807) is 0 Å². The van der Waals surface area contributed by atoms with E-state index in [0.29, 0.717) is 6.42 Å². The zero-order valence-electron chi connectivity index (χ0n) is 12.3. The number of ether oxygens (including phenoxy) is 3. The van der Waals surface area contributed by atoms with Gasteiger partial charge in [0.25, 0.3) is 0 Å². The van der Waals surface area contributed by atoms with Crippen LogP contribution in [0.4, 0.5) is 8.78 Å². The number of fused-ring (bicyclic) bond motifs is 1. The smallest absolute Gasteiger partial charge is 0.402 e. The van der Waals surface area contributed by atoms with Crippen molar-refractivity contribution in [2.45, 2.75) is 28.3 Å². The number of alkyl halides is 2. The minimum absolute atomic E-state index is 0.129. The van der Waals surface area contributed by atoms with E-state index in [1.807, 2.05) is 0 Å². The van der Waals surface area contributed by atoms with Gasteiger partial charge in [-0.1, -0.05) is 0 Å². The number of carbonyl (C=O) groups is 3. The van der Waals surface area contributed by atoms with Crippen molar-refractivity contribution in [3.8, 4) is 0 Å². The molecule has 0 radical (unpaired) electrons. The van der Waals surface area contributed by atoms with Crippen LogP contribution in [0.3, 0.4) is 0 Å². The highest BCUT2D eigenvalue weighted by Crippen LogP contribution is 2.57. The molecule has 0 aromatic rings. The number of rotatable bonds is 6. The second kappa shape index (κ2) is 6.06. The van der Waals surface area contributed by atoms with Gasteiger partial charge < -0.3 is 14.2 Å². The van der Waals surface area contributed by atoms with Gasteiger partial charge in [0.2, 0.25) is 0 Å². The predicted molar refractivity (Wildman–Crippen MR) is 75.1 cm³/mol. The van der Waals surface area contributed by atoms with Crippen LogP contribution >= 0.6 is 11.8 Å². The molecule has 5 unspecified atom stereocenters. The Hall–Kier alpha value is -1.47. The molecule has 2 bridgehead atoms. The van der Waals surface area contributed by atoms with Crippen LogP contribution in [-0.2, 0) is 38.7 Å². The van der Waals surface area contributed by atoms with Crippen LogP contribution in [0.15, 0.2) is 0 Å². The van der Waals surface area contributed by atoms with E-state index in [0.717, 1.165) is 0 Å². The number of halogens is 2. The lowest BCUT2D eigenvalue weighted by molar-refractivity contribution is -0.167. The summed E-state index contributed by atoms with van der Waals surface area (Å²) in [7, 11) is -5.73. The third-order valence-corrected chi connectivity index (χ3v) is 6.85. The third-order valence-electron chi connectivity index (χ3n) is 4.23. The van der Waals surface area contributed by atoms with Gasteiger partial charge in [0.1, 0.15) is 12.0 Å². The second-order valence-electron chi connectivity index (χ2n) is 5.79. The number of hydrogen-bond acceptors (Lipinski definition) is 9. The van der Waals surface area contributed by atoms with Gasteiger partial charge in [-0.05, 0) is 6.42 Å². The second-order valence-corrected chi connectivity index (χ2v) is 8.76. The molecule has 0 spiro atoms. The van der Waals surface area contributed by atoms with Crippen molar-refractivity contribution in [3.05, 3.63) is 0 Å². The van der Waals surface area contributed by atoms with Crippen LogP contribution in [0.1, 0.15) is 6.42 Å². The Bertz CT molecular complexity index is 722. The summed E-state index contributed by atoms with van der Waals surface area (Å²) in [6.07, 6.45) is -0.163. The molecule has 0 aliphatic carbocycles. The predicted octanol–water partition coefficient (Wildman–Crippen LogP) is -0.401. The van der Waals surface area contributed by atoms with Gasteiger partial charge >= 0.3 is 33.3 Å². The van der Waals surface area contributed by atoms with Crippen LogP contribution < -0.4 is 0 Å². The maximum atomic E-state index is 12.9. The van der Waals surface area contributed by atoms with E-state index in [1.165, 1.54) is 11.8 Å². The first-order chi connectivity index (χ1) is 11.5. The molecule has 3 heterocycles. The molecule has 3 rings (SSSR count). The van der Waals surface area contributed by atoms with Gasteiger partial charge in [-0.3, -0.25) is 14.1 Å². The van der Waals surface area contributed by atoms with Crippen molar-refractivity contribution in [2.75, 3.05) is 13.2 Å². The molecule has 3 aliphatic heterocycles. The monoisotopic (exact) mass is 402 g/mol. The van der Waals surface area contributed by atoms with Gasteiger partial charge in [0, 0.05) is 5.25 Å². The first kappa shape index (κ1) is 18.3.